The van der Waals surface area contributed by atoms with Gasteiger partial charge in [0.2, 0.25) is 0 Å². The lowest BCUT2D eigenvalue weighted by Crippen LogP contribution is -2.33. The number of rotatable bonds is 10. The molecule has 0 aliphatic carbocycles. The molecule has 1 N–H and O–H groups in total. The number of hydrogen-bond donors (Lipinski definition) is 1. The van der Waals surface area contributed by atoms with E-state index in [-0.39, 0.29) is 6.17 Å². The fraction of sp³-hybridized carbons (Fsp3) is 0.0159. The zero-order valence-corrected chi connectivity index (χ0v) is 36.3. The Bertz CT molecular complexity index is 3350. The first-order chi connectivity index (χ1) is 32.7. The van der Waals surface area contributed by atoms with Crippen molar-refractivity contribution in [2.24, 2.45) is 9.98 Å². The minimum absolute atomic E-state index is 0.350. The molecule has 0 amide bonds. The molecule has 0 fully saturated rings. The van der Waals surface area contributed by atoms with Crippen molar-refractivity contribution in [2.75, 3.05) is 0 Å². The Balaban J connectivity index is 0.896. The second-order valence-corrected chi connectivity index (χ2v) is 16.7. The van der Waals surface area contributed by atoms with Crippen LogP contribution in [0.25, 0.3) is 77.9 Å². The summed E-state index contributed by atoms with van der Waals surface area (Å²) < 4.78 is 0. The molecule has 1 heterocycles. The van der Waals surface area contributed by atoms with Gasteiger partial charge in [-0.15, -0.1) is 0 Å². The Kier molecular flexibility index (Phi) is 11.1. The quantitative estimate of drug-likeness (QED) is 0.146. The summed E-state index contributed by atoms with van der Waals surface area (Å²) >= 11 is 0. The summed E-state index contributed by atoms with van der Waals surface area (Å²) in [6.45, 7) is 0. The highest BCUT2D eigenvalue weighted by atomic mass is 15.2. The highest BCUT2D eigenvalue weighted by Crippen LogP contribution is 2.33. The number of benzene rings is 10. The van der Waals surface area contributed by atoms with Gasteiger partial charge in [0.1, 0.15) is 12.0 Å². The maximum absolute atomic E-state index is 5.28. The normalized spacial score (nSPS) is 13.3. The average Bonchev–Trinajstić information content (AvgIpc) is 3.42. The van der Waals surface area contributed by atoms with Crippen molar-refractivity contribution in [3.8, 4) is 77.9 Å². The van der Waals surface area contributed by atoms with Crippen molar-refractivity contribution < 1.29 is 0 Å². The fourth-order valence-electron chi connectivity index (χ4n) is 8.82. The van der Waals surface area contributed by atoms with Crippen LogP contribution in [-0.2, 0) is 0 Å². The number of aliphatic imine (C=N–C) groups is 2. The summed E-state index contributed by atoms with van der Waals surface area (Å²) in [6, 6.07) is 92.7. The van der Waals surface area contributed by atoms with Crippen LogP contribution in [0.4, 0.5) is 0 Å². The molecule has 1 aliphatic heterocycles. The first kappa shape index (κ1) is 40.1. The lowest BCUT2D eigenvalue weighted by Gasteiger charge is -2.24. The zero-order valence-electron chi connectivity index (χ0n) is 36.3. The second-order valence-electron chi connectivity index (χ2n) is 16.7. The minimum Gasteiger partial charge on any atom is -0.344 e. The van der Waals surface area contributed by atoms with Gasteiger partial charge in [-0.1, -0.05) is 231 Å². The van der Waals surface area contributed by atoms with Crippen LogP contribution in [0.15, 0.2) is 271 Å². The van der Waals surface area contributed by atoms with Crippen LogP contribution >= 0.6 is 0 Å². The van der Waals surface area contributed by atoms with Crippen molar-refractivity contribution in [1.29, 1.82) is 0 Å². The van der Waals surface area contributed by atoms with Gasteiger partial charge in [0.25, 0.3) is 0 Å². The lowest BCUT2D eigenvalue weighted by atomic mass is 9.95. The summed E-state index contributed by atoms with van der Waals surface area (Å²) in [4.78, 5) is 10.5. The second kappa shape index (κ2) is 18.2. The van der Waals surface area contributed by atoms with Crippen molar-refractivity contribution in [2.45, 2.75) is 6.17 Å². The van der Waals surface area contributed by atoms with Crippen LogP contribution in [0.1, 0.15) is 22.9 Å². The molecule has 0 bridgehead atoms. The van der Waals surface area contributed by atoms with Crippen molar-refractivity contribution in [3.63, 3.8) is 0 Å². The van der Waals surface area contributed by atoms with Gasteiger partial charge in [-0.25, -0.2) is 9.98 Å². The predicted molar refractivity (Wildman–Crippen MR) is 276 cm³/mol. The molecule has 1 aliphatic rings. The van der Waals surface area contributed by atoms with Crippen LogP contribution in [0.2, 0.25) is 0 Å². The highest BCUT2D eigenvalue weighted by Gasteiger charge is 2.22. The summed E-state index contributed by atoms with van der Waals surface area (Å²) in [5.74, 6) is 1.47. The van der Waals surface area contributed by atoms with Gasteiger partial charge in [0.05, 0.1) is 0 Å². The van der Waals surface area contributed by atoms with E-state index in [4.69, 9.17) is 9.98 Å². The molecule has 3 heteroatoms. The summed E-state index contributed by atoms with van der Waals surface area (Å²) in [5, 5.41) is 3.71. The third-order valence-corrected chi connectivity index (χ3v) is 12.4. The summed E-state index contributed by atoms with van der Waals surface area (Å²) in [5.41, 5.74) is 19.5. The topological polar surface area (TPSA) is 36.8 Å². The molecule has 10 aromatic carbocycles. The molecule has 1 atom stereocenters. The molecule has 0 radical (unpaired) electrons. The Morgan fingerprint density at radius 3 is 0.894 bits per heavy atom. The van der Waals surface area contributed by atoms with E-state index < -0.39 is 0 Å². The Morgan fingerprint density at radius 1 is 0.242 bits per heavy atom. The maximum Gasteiger partial charge on any atom is 0.159 e. The molecule has 66 heavy (non-hydrogen) atoms. The van der Waals surface area contributed by atoms with Crippen molar-refractivity contribution in [1.82, 2.24) is 5.32 Å². The van der Waals surface area contributed by atoms with E-state index in [9.17, 15) is 0 Å². The molecule has 1 unspecified atom stereocenters. The molecule has 0 saturated heterocycles. The molecular weight excluding hydrogens is 799 g/mol. The summed E-state index contributed by atoms with van der Waals surface area (Å²) in [7, 11) is 0. The molecular formula is C63H45N3. The third-order valence-electron chi connectivity index (χ3n) is 12.4. The van der Waals surface area contributed by atoms with Gasteiger partial charge in [0.15, 0.2) is 5.84 Å². The van der Waals surface area contributed by atoms with Gasteiger partial charge >= 0.3 is 0 Å². The molecule has 0 saturated carbocycles. The molecule has 10 aromatic rings. The van der Waals surface area contributed by atoms with Crippen LogP contribution < -0.4 is 5.32 Å². The Morgan fingerprint density at radius 2 is 0.515 bits per heavy atom. The molecule has 0 aromatic heterocycles. The van der Waals surface area contributed by atoms with Gasteiger partial charge < -0.3 is 5.32 Å². The number of hydrogen-bond acceptors (Lipinski definition) is 3. The first-order valence-electron chi connectivity index (χ1n) is 22.5. The third kappa shape index (κ3) is 8.66. The Labute approximate surface area is 386 Å². The van der Waals surface area contributed by atoms with Crippen LogP contribution in [-0.4, -0.2) is 11.7 Å². The smallest absolute Gasteiger partial charge is 0.159 e. The van der Waals surface area contributed by atoms with E-state index in [1.807, 2.05) is 6.07 Å². The van der Waals surface area contributed by atoms with Crippen molar-refractivity contribution >= 4 is 11.7 Å². The van der Waals surface area contributed by atoms with Crippen LogP contribution in [0.5, 0.6) is 0 Å². The highest BCUT2D eigenvalue weighted by molar-refractivity contribution is 6.13. The van der Waals surface area contributed by atoms with E-state index in [0.29, 0.717) is 5.84 Å². The average molecular weight is 844 g/mol. The number of nitrogens with one attached hydrogen (secondary N) is 1. The maximum atomic E-state index is 5.28. The SMILES string of the molecule is c1ccc(-c2cccc(C3=NC(c4ccc(-c5cccc(-c6cccc(-c7ccccc7)c6)c5)cc4)=NC(c4ccc(-c5cccc(-c6cccc(-c7ccccc7)c6)c5)cc4)N3)c2)cc1. The van der Waals surface area contributed by atoms with E-state index in [0.717, 1.165) is 55.9 Å². The Hall–Kier alpha value is -8.66. The van der Waals surface area contributed by atoms with Crippen molar-refractivity contribution in [3.05, 3.63) is 278 Å². The summed E-state index contributed by atoms with van der Waals surface area (Å²) in [6.07, 6.45) is -0.350. The van der Waals surface area contributed by atoms with Crippen LogP contribution in [0, 0.1) is 0 Å². The van der Waals surface area contributed by atoms with Gasteiger partial charge in [-0.3, -0.25) is 0 Å². The number of amidine groups is 2. The fourth-order valence-corrected chi connectivity index (χ4v) is 8.82. The van der Waals surface area contributed by atoms with E-state index in [1.165, 1.54) is 44.5 Å². The molecule has 3 nitrogen and oxygen atoms in total. The van der Waals surface area contributed by atoms with Gasteiger partial charge in [0, 0.05) is 11.1 Å². The molecule has 11 rings (SSSR count). The van der Waals surface area contributed by atoms with Crippen LogP contribution in [0.3, 0.4) is 0 Å². The van der Waals surface area contributed by atoms with E-state index in [2.05, 4.69) is 260 Å². The monoisotopic (exact) mass is 843 g/mol. The largest absolute Gasteiger partial charge is 0.344 e. The van der Waals surface area contributed by atoms with Gasteiger partial charge in [-0.2, -0.15) is 0 Å². The predicted octanol–water partition coefficient (Wildman–Crippen LogP) is 15.9. The minimum atomic E-state index is -0.350. The van der Waals surface area contributed by atoms with E-state index in [1.54, 1.807) is 0 Å². The standard InChI is InChI=1S/C63H45N3/c1-4-15-44(16-5-1)51-21-10-26-56(39-51)58-28-12-23-53(41-58)47-31-35-49(36-32-47)61-64-62(66-63(65-61)60-30-14-25-55(43-60)46-19-8-3-9-20-46)50-37-33-48(34-38-50)54-24-13-29-59(42-54)57-27-11-22-52(40-57)45-17-6-2-7-18-45/h1-43,61H,(H,64,65,66). The molecule has 312 valence electrons. The van der Waals surface area contributed by atoms with E-state index >= 15 is 0 Å². The number of nitrogens with zero attached hydrogens (tertiary/aromatic N) is 2. The molecule has 0 spiro atoms. The van der Waals surface area contributed by atoms with Gasteiger partial charge in [-0.05, 0) is 114 Å². The lowest BCUT2D eigenvalue weighted by molar-refractivity contribution is 0.674. The zero-order chi connectivity index (χ0) is 44.1. The first-order valence-corrected chi connectivity index (χ1v) is 22.5.